The number of ether oxygens (including phenoxy) is 2. The molecule has 4 aromatic rings. The van der Waals surface area contributed by atoms with E-state index in [4.69, 9.17) is 13.9 Å². The van der Waals surface area contributed by atoms with Gasteiger partial charge in [0.25, 0.3) is 5.91 Å². The Bertz CT molecular complexity index is 1170. The van der Waals surface area contributed by atoms with Crippen LogP contribution in [0, 0.1) is 6.92 Å². The van der Waals surface area contributed by atoms with Crippen LogP contribution in [-0.4, -0.2) is 24.6 Å². The summed E-state index contributed by atoms with van der Waals surface area (Å²) in [7, 11) is 1.58. The van der Waals surface area contributed by atoms with E-state index in [1.165, 1.54) is 0 Å². The standard InChI is InChI=1S/C23H20N2O4/c1-15-6-3-4-9-19(15)23-25-20-11-10-16(12-21(20)29-23)24-22(26)14-28-18-8-5-7-17(13-18)27-2/h3-13H,14H2,1-2H3,(H,24,26). The number of nitrogens with zero attached hydrogens (tertiary/aromatic N) is 1. The number of amides is 1. The minimum absolute atomic E-state index is 0.115. The number of oxazole rings is 1. The van der Waals surface area contributed by atoms with Crippen molar-refractivity contribution < 1.29 is 18.7 Å². The van der Waals surface area contributed by atoms with Gasteiger partial charge < -0.3 is 19.2 Å². The van der Waals surface area contributed by atoms with E-state index < -0.39 is 0 Å². The number of hydrogen-bond donors (Lipinski definition) is 1. The van der Waals surface area contributed by atoms with Crippen molar-refractivity contribution in [1.29, 1.82) is 0 Å². The lowest BCUT2D eigenvalue weighted by Gasteiger charge is -2.08. The second-order valence-corrected chi connectivity index (χ2v) is 6.53. The highest BCUT2D eigenvalue weighted by atomic mass is 16.5. The summed E-state index contributed by atoms with van der Waals surface area (Å²) in [4.78, 5) is 16.8. The van der Waals surface area contributed by atoms with E-state index in [-0.39, 0.29) is 12.5 Å². The summed E-state index contributed by atoms with van der Waals surface area (Å²) in [6.45, 7) is 1.90. The summed E-state index contributed by atoms with van der Waals surface area (Å²) in [5.41, 5.74) is 3.98. The Morgan fingerprint density at radius 3 is 2.69 bits per heavy atom. The molecule has 6 nitrogen and oxygen atoms in total. The number of carbonyl (C=O) groups is 1. The van der Waals surface area contributed by atoms with Gasteiger partial charge in [0.2, 0.25) is 5.89 Å². The zero-order chi connectivity index (χ0) is 20.2. The van der Waals surface area contributed by atoms with Gasteiger partial charge in [-0.05, 0) is 42.8 Å². The molecule has 1 N–H and O–H groups in total. The molecule has 146 valence electrons. The van der Waals surface area contributed by atoms with Gasteiger partial charge in [0.05, 0.1) is 7.11 Å². The summed E-state index contributed by atoms with van der Waals surface area (Å²) >= 11 is 0. The molecule has 0 bridgehead atoms. The zero-order valence-electron chi connectivity index (χ0n) is 16.1. The van der Waals surface area contributed by atoms with Crippen molar-refractivity contribution >= 4 is 22.7 Å². The van der Waals surface area contributed by atoms with Gasteiger partial charge in [0, 0.05) is 23.4 Å². The molecule has 0 aliphatic heterocycles. The lowest BCUT2D eigenvalue weighted by molar-refractivity contribution is -0.118. The molecule has 4 rings (SSSR count). The Kier molecular flexibility index (Phi) is 5.16. The lowest BCUT2D eigenvalue weighted by atomic mass is 10.1. The number of methoxy groups -OCH3 is 1. The number of anilines is 1. The number of benzene rings is 3. The second kappa shape index (κ2) is 8.06. The lowest BCUT2D eigenvalue weighted by Crippen LogP contribution is -2.20. The van der Waals surface area contributed by atoms with Gasteiger partial charge in [0.15, 0.2) is 12.2 Å². The fraction of sp³-hybridized carbons (Fsp3) is 0.130. The van der Waals surface area contributed by atoms with Crippen molar-refractivity contribution in [2.45, 2.75) is 6.92 Å². The van der Waals surface area contributed by atoms with Crippen LogP contribution in [0.1, 0.15) is 5.56 Å². The van der Waals surface area contributed by atoms with E-state index in [0.29, 0.717) is 28.7 Å². The number of aromatic nitrogens is 1. The molecule has 0 fully saturated rings. The molecule has 0 radical (unpaired) electrons. The molecular weight excluding hydrogens is 368 g/mol. The van der Waals surface area contributed by atoms with Crippen molar-refractivity contribution in [2.24, 2.45) is 0 Å². The van der Waals surface area contributed by atoms with Crippen LogP contribution in [0.5, 0.6) is 11.5 Å². The number of nitrogens with one attached hydrogen (secondary N) is 1. The summed E-state index contributed by atoms with van der Waals surface area (Å²) in [6.07, 6.45) is 0. The molecule has 0 unspecified atom stereocenters. The van der Waals surface area contributed by atoms with Crippen LogP contribution in [0.4, 0.5) is 5.69 Å². The van der Waals surface area contributed by atoms with E-state index in [1.807, 2.05) is 43.3 Å². The first-order valence-corrected chi connectivity index (χ1v) is 9.16. The molecule has 0 saturated heterocycles. The van der Waals surface area contributed by atoms with Crippen molar-refractivity contribution in [3.63, 3.8) is 0 Å². The first-order chi connectivity index (χ1) is 14.1. The van der Waals surface area contributed by atoms with E-state index in [9.17, 15) is 4.79 Å². The second-order valence-electron chi connectivity index (χ2n) is 6.53. The SMILES string of the molecule is COc1cccc(OCC(=O)Nc2ccc3nc(-c4ccccc4C)oc3c2)c1. The molecular formula is C23H20N2O4. The van der Waals surface area contributed by atoms with Crippen LogP contribution >= 0.6 is 0 Å². The first-order valence-electron chi connectivity index (χ1n) is 9.16. The minimum atomic E-state index is -0.272. The van der Waals surface area contributed by atoms with Crippen LogP contribution in [0.25, 0.3) is 22.6 Å². The fourth-order valence-corrected chi connectivity index (χ4v) is 2.97. The van der Waals surface area contributed by atoms with Gasteiger partial charge in [-0.15, -0.1) is 0 Å². The molecule has 0 aliphatic rings. The Labute approximate surface area is 168 Å². The van der Waals surface area contributed by atoms with Crippen LogP contribution in [-0.2, 0) is 4.79 Å². The Hall–Kier alpha value is -3.80. The Morgan fingerprint density at radius 1 is 1.03 bits per heavy atom. The molecule has 3 aromatic carbocycles. The van der Waals surface area contributed by atoms with Crippen molar-refractivity contribution in [1.82, 2.24) is 4.98 Å². The molecule has 0 aliphatic carbocycles. The van der Waals surface area contributed by atoms with E-state index in [2.05, 4.69) is 10.3 Å². The minimum Gasteiger partial charge on any atom is -0.497 e. The van der Waals surface area contributed by atoms with Gasteiger partial charge in [-0.3, -0.25) is 4.79 Å². The van der Waals surface area contributed by atoms with Gasteiger partial charge in [-0.2, -0.15) is 0 Å². The van der Waals surface area contributed by atoms with Crippen LogP contribution in [0.3, 0.4) is 0 Å². The quantitative estimate of drug-likeness (QED) is 0.512. The first kappa shape index (κ1) is 18.6. The Morgan fingerprint density at radius 2 is 1.86 bits per heavy atom. The van der Waals surface area contributed by atoms with E-state index >= 15 is 0 Å². The number of hydrogen-bond acceptors (Lipinski definition) is 5. The molecule has 1 amide bonds. The summed E-state index contributed by atoms with van der Waals surface area (Å²) in [6, 6.07) is 20.4. The Balaban J connectivity index is 1.45. The van der Waals surface area contributed by atoms with Gasteiger partial charge >= 0.3 is 0 Å². The zero-order valence-corrected chi connectivity index (χ0v) is 16.1. The summed E-state index contributed by atoms with van der Waals surface area (Å²) in [5, 5.41) is 2.81. The summed E-state index contributed by atoms with van der Waals surface area (Å²) in [5.74, 6) is 1.52. The van der Waals surface area contributed by atoms with Crippen LogP contribution in [0.15, 0.2) is 71.1 Å². The number of rotatable bonds is 6. The molecule has 29 heavy (non-hydrogen) atoms. The molecule has 1 heterocycles. The highest BCUT2D eigenvalue weighted by molar-refractivity contribution is 5.94. The highest BCUT2D eigenvalue weighted by Gasteiger charge is 2.12. The topological polar surface area (TPSA) is 73.6 Å². The van der Waals surface area contributed by atoms with E-state index in [0.717, 1.165) is 16.6 Å². The average molecular weight is 388 g/mol. The maximum absolute atomic E-state index is 12.2. The number of fused-ring (bicyclic) bond motifs is 1. The smallest absolute Gasteiger partial charge is 0.262 e. The molecule has 0 spiro atoms. The van der Waals surface area contributed by atoms with Crippen LogP contribution < -0.4 is 14.8 Å². The average Bonchev–Trinajstić information content (AvgIpc) is 3.16. The molecule has 0 atom stereocenters. The third-order valence-corrected chi connectivity index (χ3v) is 4.46. The third-order valence-electron chi connectivity index (χ3n) is 4.46. The van der Waals surface area contributed by atoms with Gasteiger partial charge in [0.1, 0.15) is 17.0 Å². The molecule has 0 saturated carbocycles. The highest BCUT2D eigenvalue weighted by Crippen LogP contribution is 2.28. The number of aryl methyl sites for hydroxylation is 1. The molecule has 1 aromatic heterocycles. The largest absolute Gasteiger partial charge is 0.497 e. The normalized spacial score (nSPS) is 10.7. The van der Waals surface area contributed by atoms with Gasteiger partial charge in [-0.25, -0.2) is 4.98 Å². The predicted molar refractivity (Wildman–Crippen MR) is 111 cm³/mol. The fourth-order valence-electron chi connectivity index (χ4n) is 2.97. The van der Waals surface area contributed by atoms with Crippen molar-refractivity contribution in [2.75, 3.05) is 19.0 Å². The van der Waals surface area contributed by atoms with Gasteiger partial charge in [-0.1, -0.05) is 24.3 Å². The monoisotopic (exact) mass is 388 g/mol. The van der Waals surface area contributed by atoms with Crippen molar-refractivity contribution in [3.05, 3.63) is 72.3 Å². The third kappa shape index (κ3) is 4.21. The van der Waals surface area contributed by atoms with E-state index in [1.54, 1.807) is 37.4 Å². The predicted octanol–water partition coefficient (Wildman–Crippen LogP) is 4.83. The van der Waals surface area contributed by atoms with Crippen molar-refractivity contribution in [3.8, 4) is 23.0 Å². The number of carbonyl (C=O) groups excluding carboxylic acids is 1. The maximum atomic E-state index is 12.2. The maximum Gasteiger partial charge on any atom is 0.262 e. The van der Waals surface area contributed by atoms with Crippen LogP contribution in [0.2, 0.25) is 0 Å². The summed E-state index contributed by atoms with van der Waals surface area (Å²) < 4.78 is 16.6. The molecule has 6 heteroatoms.